The van der Waals surface area contributed by atoms with Crippen molar-refractivity contribution in [3.8, 4) is 11.5 Å². The summed E-state index contributed by atoms with van der Waals surface area (Å²) in [6.07, 6.45) is -1.16. The molecule has 3 nitrogen and oxygen atoms in total. The summed E-state index contributed by atoms with van der Waals surface area (Å²) in [6.45, 7) is 1.77. The first kappa shape index (κ1) is 15.3. The second-order valence-electron chi connectivity index (χ2n) is 4.67. The van der Waals surface area contributed by atoms with Crippen LogP contribution in [0.1, 0.15) is 22.8 Å². The first-order valence-corrected chi connectivity index (χ1v) is 6.33. The third kappa shape index (κ3) is 3.13. The van der Waals surface area contributed by atoms with Crippen LogP contribution in [0.5, 0.6) is 11.5 Å². The van der Waals surface area contributed by atoms with Crippen LogP contribution in [0.15, 0.2) is 30.3 Å². The van der Waals surface area contributed by atoms with Crippen LogP contribution in [-0.4, -0.2) is 19.3 Å². The molecule has 2 rings (SSSR count). The molecule has 1 unspecified atom stereocenters. The summed E-state index contributed by atoms with van der Waals surface area (Å²) in [4.78, 5) is 0. The normalized spacial score (nSPS) is 12.1. The van der Waals surface area contributed by atoms with Gasteiger partial charge < -0.3 is 14.6 Å². The van der Waals surface area contributed by atoms with Crippen molar-refractivity contribution in [3.05, 3.63) is 58.7 Å². The van der Waals surface area contributed by atoms with Gasteiger partial charge >= 0.3 is 0 Å². The van der Waals surface area contributed by atoms with Crippen molar-refractivity contribution in [2.45, 2.75) is 13.0 Å². The van der Waals surface area contributed by atoms with Gasteiger partial charge in [-0.25, -0.2) is 8.78 Å². The van der Waals surface area contributed by atoms with Crippen LogP contribution in [0, 0.1) is 18.6 Å². The zero-order chi connectivity index (χ0) is 15.6. The minimum atomic E-state index is -1.16. The maximum atomic E-state index is 13.3. The molecule has 0 bridgehead atoms. The molecule has 0 saturated carbocycles. The number of aliphatic hydroxyl groups is 1. The lowest BCUT2D eigenvalue weighted by Crippen LogP contribution is -2.05. The van der Waals surface area contributed by atoms with Crippen LogP contribution >= 0.6 is 0 Å². The maximum Gasteiger partial charge on any atom is 0.161 e. The van der Waals surface area contributed by atoms with Gasteiger partial charge in [0.05, 0.1) is 14.2 Å². The topological polar surface area (TPSA) is 38.7 Å². The highest BCUT2D eigenvalue weighted by Gasteiger charge is 2.18. The van der Waals surface area contributed by atoms with Gasteiger partial charge in [0.2, 0.25) is 0 Å². The lowest BCUT2D eigenvalue weighted by molar-refractivity contribution is 0.217. The molecule has 1 atom stereocenters. The molecule has 0 aromatic heterocycles. The number of aryl methyl sites for hydroxylation is 1. The monoisotopic (exact) mass is 294 g/mol. The summed E-state index contributed by atoms with van der Waals surface area (Å²) in [5.41, 5.74) is 1.37. The summed E-state index contributed by atoms with van der Waals surface area (Å²) in [5.74, 6) is -0.505. The van der Waals surface area contributed by atoms with Crippen LogP contribution in [0.25, 0.3) is 0 Å². The molecule has 0 aliphatic carbocycles. The smallest absolute Gasteiger partial charge is 0.161 e. The molecule has 0 spiro atoms. The van der Waals surface area contributed by atoms with Crippen molar-refractivity contribution < 1.29 is 23.4 Å². The third-order valence-electron chi connectivity index (χ3n) is 3.27. The summed E-state index contributed by atoms with van der Waals surface area (Å²) >= 11 is 0. The summed E-state index contributed by atoms with van der Waals surface area (Å²) in [7, 11) is 2.99. The zero-order valence-electron chi connectivity index (χ0n) is 12.0. The van der Waals surface area contributed by atoms with Gasteiger partial charge in [-0.3, -0.25) is 0 Å². The molecule has 0 fully saturated rings. The minimum absolute atomic E-state index is 0.141. The van der Waals surface area contributed by atoms with Crippen molar-refractivity contribution >= 4 is 0 Å². The lowest BCUT2D eigenvalue weighted by atomic mass is 9.96. The number of benzene rings is 2. The fourth-order valence-corrected chi connectivity index (χ4v) is 2.20. The molecule has 2 aromatic rings. The van der Waals surface area contributed by atoms with Crippen molar-refractivity contribution in [2.75, 3.05) is 14.2 Å². The molecule has 0 heterocycles. The van der Waals surface area contributed by atoms with Gasteiger partial charge in [-0.2, -0.15) is 0 Å². The van der Waals surface area contributed by atoms with Gasteiger partial charge in [0.1, 0.15) is 17.7 Å². The highest BCUT2D eigenvalue weighted by molar-refractivity contribution is 5.49. The van der Waals surface area contributed by atoms with Crippen LogP contribution in [0.2, 0.25) is 0 Å². The van der Waals surface area contributed by atoms with E-state index in [2.05, 4.69) is 0 Å². The van der Waals surface area contributed by atoms with E-state index in [1.807, 2.05) is 0 Å². The molecule has 21 heavy (non-hydrogen) atoms. The summed E-state index contributed by atoms with van der Waals surface area (Å²) in [5, 5.41) is 10.4. The predicted octanol–water partition coefficient (Wildman–Crippen LogP) is 3.37. The van der Waals surface area contributed by atoms with Gasteiger partial charge in [-0.15, -0.1) is 0 Å². The Hall–Kier alpha value is -2.14. The Bertz CT molecular complexity index is 636. The van der Waals surface area contributed by atoms with Crippen molar-refractivity contribution in [1.82, 2.24) is 0 Å². The largest absolute Gasteiger partial charge is 0.493 e. The third-order valence-corrected chi connectivity index (χ3v) is 3.27. The number of aliphatic hydroxyl groups excluding tert-OH is 1. The van der Waals surface area contributed by atoms with Gasteiger partial charge in [0.15, 0.2) is 11.5 Å². The Morgan fingerprint density at radius 2 is 1.43 bits per heavy atom. The fourth-order valence-electron chi connectivity index (χ4n) is 2.20. The first-order chi connectivity index (χ1) is 9.96. The average molecular weight is 294 g/mol. The van der Waals surface area contributed by atoms with Gasteiger partial charge in [0, 0.05) is 6.07 Å². The van der Waals surface area contributed by atoms with E-state index in [1.165, 1.54) is 14.2 Å². The lowest BCUT2D eigenvalue weighted by Gasteiger charge is -2.17. The van der Waals surface area contributed by atoms with Crippen LogP contribution in [-0.2, 0) is 0 Å². The molecule has 0 amide bonds. The maximum absolute atomic E-state index is 13.3. The Kier molecular flexibility index (Phi) is 4.43. The summed E-state index contributed by atoms with van der Waals surface area (Å²) < 4.78 is 36.9. The molecule has 0 radical (unpaired) electrons. The van der Waals surface area contributed by atoms with E-state index >= 15 is 0 Å². The van der Waals surface area contributed by atoms with Crippen LogP contribution in [0.3, 0.4) is 0 Å². The van der Waals surface area contributed by atoms with E-state index in [-0.39, 0.29) is 5.56 Å². The van der Waals surface area contributed by atoms with E-state index < -0.39 is 17.7 Å². The average Bonchev–Trinajstić information content (AvgIpc) is 2.45. The highest BCUT2D eigenvalue weighted by Crippen LogP contribution is 2.35. The minimum Gasteiger partial charge on any atom is -0.493 e. The molecule has 112 valence electrons. The van der Waals surface area contributed by atoms with Crippen molar-refractivity contribution in [2.24, 2.45) is 0 Å². The van der Waals surface area contributed by atoms with Gasteiger partial charge in [-0.1, -0.05) is 0 Å². The number of hydrogen-bond acceptors (Lipinski definition) is 3. The standard InChI is InChI=1S/C16H16F2O3/c1-9-4-14(20-2)15(21-3)8-13(9)16(19)10-5-11(17)7-12(18)6-10/h4-8,16,19H,1-3H3. The van der Waals surface area contributed by atoms with E-state index in [1.54, 1.807) is 19.1 Å². The van der Waals surface area contributed by atoms with E-state index in [4.69, 9.17) is 9.47 Å². The predicted molar refractivity (Wildman–Crippen MR) is 74.7 cm³/mol. The Morgan fingerprint density at radius 3 is 1.95 bits per heavy atom. The number of methoxy groups -OCH3 is 2. The van der Waals surface area contributed by atoms with Crippen molar-refractivity contribution in [3.63, 3.8) is 0 Å². The molecule has 0 aliphatic rings. The Morgan fingerprint density at radius 1 is 0.905 bits per heavy atom. The summed E-state index contributed by atoms with van der Waals surface area (Å²) in [6, 6.07) is 6.26. The number of rotatable bonds is 4. The number of hydrogen-bond donors (Lipinski definition) is 1. The molecule has 2 aromatic carbocycles. The number of halogens is 2. The quantitative estimate of drug-likeness (QED) is 0.939. The Labute approximate surface area is 121 Å². The number of ether oxygens (including phenoxy) is 2. The molecule has 0 aliphatic heterocycles. The molecule has 1 N–H and O–H groups in total. The van der Waals surface area contributed by atoms with Crippen LogP contribution < -0.4 is 9.47 Å². The van der Waals surface area contributed by atoms with E-state index in [0.29, 0.717) is 17.1 Å². The highest BCUT2D eigenvalue weighted by atomic mass is 19.1. The second kappa shape index (κ2) is 6.10. The van der Waals surface area contributed by atoms with E-state index in [9.17, 15) is 13.9 Å². The molecular formula is C16H16F2O3. The molecular weight excluding hydrogens is 278 g/mol. The molecule has 0 saturated heterocycles. The second-order valence-corrected chi connectivity index (χ2v) is 4.67. The van der Waals surface area contributed by atoms with Gasteiger partial charge in [-0.05, 0) is 47.9 Å². The van der Waals surface area contributed by atoms with Crippen LogP contribution in [0.4, 0.5) is 8.78 Å². The van der Waals surface area contributed by atoms with Crippen molar-refractivity contribution in [1.29, 1.82) is 0 Å². The first-order valence-electron chi connectivity index (χ1n) is 6.33. The fraction of sp³-hybridized carbons (Fsp3) is 0.250. The Balaban J connectivity index is 2.49. The molecule has 5 heteroatoms. The SMILES string of the molecule is COc1cc(C)c(C(O)c2cc(F)cc(F)c2)cc1OC. The van der Waals surface area contributed by atoms with Gasteiger partial charge in [0.25, 0.3) is 0 Å². The van der Waals surface area contributed by atoms with E-state index in [0.717, 1.165) is 23.8 Å². The zero-order valence-corrected chi connectivity index (χ0v) is 12.0.